The largest absolute Gasteiger partial charge is 0.493 e. The highest BCUT2D eigenvalue weighted by Gasteiger charge is 2.14. The monoisotopic (exact) mass is 297 g/mol. The molecule has 0 aliphatic rings. The summed E-state index contributed by atoms with van der Waals surface area (Å²) in [6.07, 6.45) is -0.748. The van der Waals surface area contributed by atoms with Gasteiger partial charge in [0, 0.05) is 13.7 Å². The molecule has 0 heterocycles. The van der Waals surface area contributed by atoms with Gasteiger partial charge < -0.3 is 24.6 Å². The van der Waals surface area contributed by atoms with Gasteiger partial charge in [0.15, 0.2) is 18.1 Å². The maximum atomic E-state index is 11.6. The molecule has 1 aromatic rings. The predicted molar refractivity (Wildman–Crippen MR) is 74.5 cm³/mol. The summed E-state index contributed by atoms with van der Waals surface area (Å²) >= 11 is 0. The molecule has 0 aliphatic heterocycles. The van der Waals surface area contributed by atoms with Gasteiger partial charge in [0.05, 0.1) is 19.6 Å². The molecule has 1 aromatic carbocycles. The number of carbonyl (C=O) groups is 2. The molecule has 7 nitrogen and oxygen atoms in total. The van der Waals surface area contributed by atoms with Crippen LogP contribution in [0.4, 0.5) is 0 Å². The minimum absolute atomic E-state index is 0.108. The van der Waals surface area contributed by atoms with Gasteiger partial charge in [-0.05, 0) is 12.1 Å². The zero-order chi connectivity index (χ0) is 15.7. The molecule has 0 spiro atoms. The van der Waals surface area contributed by atoms with E-state index in [1.165, 1.54) is 14.2 Å². The van der Waals surface area contributed by atoms with Crippen LogP contribution in [0.1, 0.15) is 6.42 Å². The molecular formula is C14H19NO6. The second-order valence-electron chi connectivity index (χ2n) is 4.20. The smallest absolute Gasteiger partial charge is 0.306 e. The number of ether oxygens (including phenoxy) is 3. The van der Waals surface area contributed by atoms with Crippen molar-refractivity contribution in [2.45, 2.75) is 12.5 Å². The number of amides is 1. The predicted octanol–water partition coefficient (Wildman–Crippen LogP) is 0.680. The zero-order valence-electron chi connectivity index (χ0n) is 12.0. The Balaban J connectivity index is 2.38. The fourth-order valence-electron chi connectivity index (χ4n) is 1.59. The van der Waals surface area contributed by atoms with Gasteiger partial charge >= 0.3 is 5.97 Å². The van der Waals surface area contributed by atoms with Crippen LogP contribution in [-0.4, -0.2) is 50.5 Å². The topological polar surface area (TPSA) is 94.1 Å². The fourth-order valence-corrected chi connectivity index (χ4v) is 1.59. The van der Waals surface area contributed by atoms with E-state index in [4.69, 9.17) is 19.3 Å². The van der Waals surface area contributed by atoms with E-state index in [0.29, 0.717) is 11.5 Å². The van der Waals surface area contributed by atoms with Crippen LogP contribution < -0.4 is 14.8 Å². The zero-order valence-corrected chi connectivity index (χ0v) is 12.0. The van der Waals surface area contributed by atoms with Crippen molar-refractivity contribution in [3.8, 4) is 11.5 Å². The van der Waals surface area contributed by atoms with E-state index in [-0.39, 0.29) is 25.5 Å². The number of nitrogens with one attached hydrogen (secondary N) is 1. The van der Waals surface area contributed by atoms with E-state index >= 15 is 0 Å². The van der Waals surface area contributed by atoms with Crippen molar-refractivity contribution in [2.24, 2.45) is 0 Å². The Morgan fingerprint density at radius 3 is 2.48 bits per heavy atom. The molecule has 0 saturated heterocycles. The lowest BCUT2D eigenvalue weighted by atomic mass is 10.2. The van der Waals surface area contributed by atoms with E-state index in [9.17, 15) is 9.59 Å². The standard InChI is InChI=1S/C14H19NO6/c1-19-10(7-14(17)18)8-15-13(16)9-21-12-6-4-3-5-11(12)20-2/h3-6,10H,7-9H2,1-2H3,(H,15,16)(H,17,18). The molecule has 0 fully saturated rings. The number of benzene rings is 1. The molecule has 1 rings (SSSR count). The number of carboxylic acid groups (broad SMARTS) is 1. The summed E-state index contributed by atoms with van der Waals surface area (Å²) in [5.74, 6) is -0.357. The minimum atomic E-state index is -0.985. The summed E-state index contributed by atoms with van der Waals surface area (Å²) in [7, 11) is 2.91. The van der Waals surface area contributed by atoms with Crippen molar-refractivity contribution >= 4 is 11.9 Å². The number of aliphatic carboxylic acids is 1. The third-order valence-electron chi connectivity index (χ3n) is 2.69. The Bertz CT molecular complexity index is 476. The second-order valence-corrected chi connectivity index (χ2v) is 4.20. The SMILES string of the molecule is COc1ccccc1OCC(=O)NCC(CC(=O)O)OC. The highest BCUT2D eigenvalue weighted by Crippen LogP contribution is 2.25. The highest BCUT2D eigenvalue weighted by atomic mass is 16.5. The van der Waals surface area contributed by atoms with Gasteiger partial charge in [-0.25, -0.2) is 0 Å². The number of para-hydroxylation sites is 2. The van der Waals surface area contributed by atoms with Gasteiger partial charge in [-0.3, -0.25) is 9.59 Å². The van der Waals surface area contributed by atoms with Crippen molar-refractivity contribution in [3.63, 3.8) is 0 Å². The lowest BCUT2D eigenvalue weighted by molar-refractivity contribution is -0.140. The van der Waals surface area contributed by atoms with E-state index < -0.39 is 12.1 Å². The Morgan fingerprint density at radius 2 is 1.90 bits per heavy atom. The summed E-state index contributed by atoms with van der Waals surface area (Å²) in [6, 6.07) is 6.97. The molecular weight excluding hydrogens is 278 g/mol. The summed E-state index contributed by atoms with van der Waals surface area (Å²) < 4.78 is 15.4. The Hall–Kier alpha value is -2.28. The van der Waals surface area contributed by atoms with Gasteiger partial charge in [0.2, 0.25) is 0 Å². The second kappa shape index (κ2) is 8.80. The first-order chi connectivity index (χ1) is 10.1. The molecule has 1 unspecified atom stereocenters. The first-order valence-electron chi connectivity index (χ1n) is 6.34. The molecule has 0 saturated carbocycles. The fraction of sp³-hybridized carbons (Fsp3) is 0.429. The van der Waals surface area contributed by atoms with Crippen molar-refractivity contribution in [3.05, 3.63) is 24.3 Å². The Morgan fingerprint density at radius 1 is 1.24 bits per heavy atom. The third kappa shape index (κ3) is 6.13. The molecule has 0 bridgehead atoms. The summed E-state index contributed by atoms with van der Waals surface area (Å²) in [6.45, 7) is -0.0825. The molecule has 0 aliphatic carbocycles. The van der Waals surface area contributed by atoms with Gasteiger partial charge in [0.1, 0.15) is 0 Å². The van der Waals surface area contributed by atoms with Crippen LogP contribution in [0.5, 0.6) is 11.5 Å². The number of rotatable bonds is 9. The van der Waals surface area contributed by atoms with Gasteiger partial charge in [-0.15, -0.1) is 0 Å². The number of hydrogen-bond acceptors (Lipinski definition) is 5. The Kier molecular flexibility index (Phi) is 7.03. The Labute approximate surface area is 122 Å². The van der Waals surface area contributed by atoms with Crippen LogP contribution in [0.15, 0.2) is 24.3 Å². The van der Waals surface area contributed by atoms with Crippen molar-refractivity contribution in [2.75, 3.05) is 27.4 Å². The first kappa shape index (κ1) is 16.8. The molecule has 0 aromatic heterocycles. The van der Waals surface area contributed by atoms with E-state index in [2.05, 4.69) is 5.32 Å². The molecule has 21 heavy (non-hydrogen) atoms. The van der Waals surface area contributed by atoms with Crippen LogP contribution in [0.3, 0.4) is 0 Å². The molecule has 0 radical (unpaired) electrons. The van der Waals surface area contributed by atoms with E-state index in [1.807, 2.05) is 0 Å². The number of hydrogen-bond donors (Lipinski definition) is 2. The first-order valence-corrected chi connectivity index (χ1v) is 6.34. The lowest BCUT2D eigenvalue weighted by Crippen LogP contribution is -2.37. The average molecular weight is 297 g/mol. The lowest BCUT2D eigenvalue weighted by Gasteiger charge is -2.14. The molecule has 116 valence electrons. The normalized spacial score (nSPS) is 11.5. The van der Waals surface area contributed by atoms with Gasteiger partial charge in [-0.1, -0.05) is 12.1 Å². The average Bonchev–Trinajstić information content (AvgIpc) is 2.49. The van der Waals surface area contributed by atoms with Gasteiger partial charge in [0.25, 0.3) is 5.91 Å². The molecule has 1 amide bonds. The summed E-state index contributed by atoms with van der Waals surface area (Å²) in [4.78, 5) is 22.2. The van der Waals surface area contributed by atoms with E-state index in [1.54, 1.807) is 24.3 Å². The van der Waals surface area contributed by atoms with Crippen molar-refractivity contribution in [1.82, 2.24) is 5.32 Å². The van der Waals surface area contributed by atoms with Gasteiger partial charge in [-0.2, -0.15) is 0 Å². The van der Waals surface area contributed by atoms with Crippen LogP contribution >= 0.6 is 0 Å². The van der Waals surface area contributed by atoms with E-state index in [0.717, 1.165) is 0 Å². The maximum Gasteiger partial charge on any atom is 0.306 e. The quantitative estimate of drug-likeness (QED) is 0.696. The molecule has 1 atom stereocenters. The van der Waals surface area contributed by atoms with Crippen LogP contribution in [0, 0.1) is 0 Å². The third-order valence-corrected chi connectivity index (χ3v) is 2.69. The minimum Gasteiger partial charge on any atom is -0.493 e. The van der Waals surface area contributed by atoms with Crippen LogP contribution in [-0.2, 0) is 14.3 Å². The number of methoxy groups -OCH3 is 2. The van der Waals surface area contributed by atoms with Crippen molar-refractivity contribution < 1.29 is 28.9 Å². The number of carbonyl (C=O) groups excluding carboxylic acids is 1. The summed E-state index contributed by atoms with van der Waals surface area (Å²) in [5, 5.41) is 11.2. The molecule has 2 N–H and O–H groups in total. The summed E-state index contributed by atoms with van der Waals surface area (Å²) in [5.41, 5.74) is 0. The maximum absolute atomic E-state index is 11.6. The molecule has 7 heteroatoms. The van der Waals surface area contributed by atoms with Crippen molar-refractivity contribution in [1.29, 1.82) is 0 Å². The number of carboxylic acids is 1. The van der Waals surface area contributed by atoms with Crippen LogP contribution in [0.25, 0.3) is 0 Å². The highest BCUT2D eigenvalue weighted by molar-refractivity contribution is 5.77. The van der Waals surface area contributed by atoms with Crippen LogP contribution in [0.2, 0.25) is 0 Å².